The van der Waals surface area contributed by atoms with E-state index >= 15 is 0 Å². The van der Waals surface area contributed by atoms with Crippen LogP contribution in [-0.4, -0.2) is 97.8 Å². The van der Waals surface area contributed by atoms with Gasteiger partial charge < -0.3 is 9.64 Å². The van der Waals surface area contributed by atoms with Gasteiger partial charge in [-0.2, -0.15) is 4.31 Å². The highest BCUT2D eigenvalue weighted by molar-refractivity contribution is 7.89. The number of sulfonamides is 1. The van der Waals surface area contributed by atoms with E-state index in [9.17, 15) is 13.2 Å². The van der Waals surface area contributed by atoms with Crippen molar-refractivity contribution < 1.29 is 17.9 Å². The molecule has 8 radical (unpaired) electrons. The number of hydrogen-bond donors (Lipinski definition) is 0. The van der Waals surface area contributed by atoms with Crippen molar-refractivity contribution in [2.75, 3.05) is 26.2 Å². The molecule has 6 rings (SSSR count). The highest BCUT2D eigenvalue weighted by atomic mass is 32.2. The fraction of sp³-hybridized carbons (Fsp3) is 0.385. The van der Waals surface area contributed by atoms with Crippen LogP contribution in [0.25, 0.3) is 22.0 Å². The molecule has 12 heteroatoms. The summed E-state index contributed by atoms with van der Waals surface area (Å²) in [5, 5.41) is -2.49. The molecule has 2 aliphatic heterocycles. The summed E-state index contributed by atoms with van der Waals surface area (Å²) in [7, 11) is 22.1. The van der Waals surface area contributed by atoms with Crippen molar-refractivity contribution in [1.29, 1.82) is 0 Å². The van der Waals surface area contributed by atoms with Crippen LogP contribution in [0.2, 0.25) is 10.4 Å². The molecule has 2 saturated heterocycles. The molecule has 2 aromatic carbocycles. The molecule has 184 valence electrons. The normalized spacial score (nSPS) is 23.1. The summed E-state index contributed by atoms with van der Waals surface area (Å²) in [5.41, 5.74) is 1.08. The molecule has 3 heterocycles. The second kappa shape index (κ2) is 8.73. The highest BCUT2D eigenvalue weighted by Gasteiger charge is 2.62. The lowest BCUT2D eigenvalue weighted by Crippen LogP contribution is -2.73. The van der Waals surface area contributed by atoms with Gasteiger partial charge in [0.25, 0.3) is 0 Å². The van der Waals surface area contributed by atoms with Crippen molar-refractivity contribution in [3.8, 4) is 11.1 Å². The van der Waals surface area contributed by atoms with Crippen LogP contribution in [0.1, 0.15) is 12.8 Å². The van der Waals surface area contributed by atoms with Crippen molar-refractivity contribution in [2.45, 2.75) is 39.8 Å². The minimum atomic E-state index is -4.06. The summed E-state index contributed by atoms with van der Waals surface area (Å²) in [6, 6.07) is 16.4. The van der Waals surface area contributed by atoms with Gasteiger partial charge in [-0.15, -0.1) is 0 Å². The number of amides is 1. The molecule has 0 unspecified atom stereocenters. The Kier molecular flexibility index (Phi) is 5.91. The van der Waals surface area contributed by atoms with Crippen LogP contribution in [0.5, 0.6) is 0 Å². The van der Waals surface area contributed by atoms with E-state index in [2.05, 4.69) is 4.98 Å². The lowest BCUT2D eigenvalue weighted by Gasteiger charge is -2.65. The van der Waals surface area contributed by atoms with Gasteiger partial charge in [0.05, 0.1) is 47.4 Å². The van der Waals surface area contributed by atoms with E-state index in [1.165, 1.54) is 12.1 Å². The van der Waals surface area contributed by atoms with Gasteiger partial charge >= 0.3 is 0 Å². The van der Waals surface area contributed by atoms with Gasteiger partial charge in [-0.25, -0.2) is 8.42 Å². The van der Waals surface area contributed by atoms with Crippen molar-refractivity contribution in [3.05, 3.63) is 60.8 Å². The number of carbonyl (C=O) groups excluding carboxylic acids is 1. The molecular formula is C26H23B4N3O4S. The number of aromatic nitrogens is 1. The second-order valence-electron chi connectivity index (χ2n) is 10.7. The Hall–Kier alpha value is -2.55. The van der Waals surface area contributed by atoms with Crippen molar-refractivity contribution in [1.82, 2.24) is 14.2 Å². The first-order valence-electron chi connectivity index (χ1n) is 12.5. The summed E-state index contributed by atoms with van der Waals surface area (Å²) < 4.78 is 34.4. The van der Waals surface area contributed by atoms with Gasteiger partial charge in [-0.1, -0.05) is 40.8 Å². The monoisotopic (exact) mass is 517 g/mol. The Morgan fingerprint density at radius 3 is 2.21 bits per heavy atom. The number of nitrogens with zero attached hydrogens (tertiary/aromatic N) is 3. The van der Waals surface area contributed by atoms with E-state index in [0.717, 1.165) is 39.2 Å². The Labute approximate surface area is 228 Å². The Morgan fingerprint density at radius 2 is 1.55 bits per heavy atom. The first-order chi connectivity index (χ1) is 17.9. The predicted molar refractivity (Wildman–Crippen MR) is 148 cm³/mol. The van der Waals surface area contributed by atoms with E-state index in [1.807, 2.05) is 30.3 Å². The summed E-state index contributed by atoms with van der Waals surface area (Å²) in [6.45, 7) is -0.812. The van der Waals surface area contributed by atoms with Crippen LogP contribution in [0.3, 0.4) is 0 Å². The van der Waals surface area contributed by atoms with Crippen molar-refractivity contribution in [2.24, 2.45) is 0 Å². The molecule has 3 aromatic rings. The van der Waals surface area contributed by atoms with Crippen LogP contribution in [0.4, 0.5) is 0 Å². The van der Waals surface area contributed by atoms with Gasteiger partial charge in [0.1, 0.15) is 6.61 Å². The second-order valence-corrected chi connectivity index (χ2v) is 12.6. The van der Waals surface area contributed by atoms with Crippen LogP contribution in [0.15, 0.2) is 65.7 Å². The summed E-state index contributed by atoms with van der Waals surface area (Å²) in [6.07, 6.45) is 3.48. The first kappa shape index (κ1) is 25.7. The zero-order chi connectivity index (χ0) is 26.9. The maximum Gasteiger partial charge on any atom is 0.248 e. The number of benzene rings is 2. The SMILES string of the molecule is [B]C1([B])CN(S(=O)(=O)c2ccc(-c3ccc4cccnc4c3)cc2)CC([B])([B])C12CN(C1CC1)C(=O)CO2. The number of fused-ring (bicyclic) bond motifs is 1. The molecule has 1 amide bonds. The molecule has 1 aromatic heterocycles. The highest BCUT2D eigenvalue weighted by Crippen LogP contribution is 2.56. The summed E-state index contributed by atoms with van der Waals surface area (Å²) >= 11 is 0. The number of rotatable bonds is 4. The molecule has 3 fully saturated rings. The summed E-state index contributed by atoms with van der Waals surface area (Å²) in [5.74, 6) is -0.179. The molecule has 1 spiro atoms. The average molecular weight is 517 g/mol. The minimum absolute atomic E-state index is 0.0136. The number of ether oxygens (including phenoxy) is 1. The lowest BCUT2D eigenvalue weighted by atomic mass is 9.31. The minimum Gasteiger partial charge on any atom is -0.365 e. The Bertz CT molecular complexity index is 1510. The van der Waals surface area contributed by atoms with Crippen LogP contribution in [-0.2, 0) is 19.6 Å². The number of carbonyl (C=O) groups is 1. The predicted octanol–water partition coefficient (Wildman–Crippen LogP) is 1.57. The largest absolute Gasteiger partial charge is 0.365 e. The quantitative estimate of drug-likeness (QED) is 0.492. The number of hydrogen-bond acceptors (Lipinski definition) is 5. The molecule has 1 saturated carbocycles. The molecule has 1 aliphatic carbocycles. The molecule has 38 heavy (non-hydrogen) atoms. The molecule has 7 nitrogen and oxygen atoms in total. The molecule has 3 aliphatic rings. The number of piperidine rings is 1. The molecule has 0 atom stereocenters. The first-order valence-corrected chi connectivity index (χ1v) is 13.9. The third-order valence-corrected chi connectivity index (χ3v) is 9.76. The van der Waals surface area contributed by atoms with E-state index in [1.54, 1.807) is 23.2 Å². The topological polar surface area (TPSA) is 79.8 Å². The van der Waals surface area contributed by atoms with Crippen molar-refractivity contribution >= 4 is 58.2 Å². The Morgan fingerprint density at radius 1 is 0.895 bits per heavy atom. The average Bonchev–Trinajstić information content (AvgIpc) is 3.73. The standard InChI is InChI=1S/C26H23B4N3O4S/c27-25(28)15-32(16-26(29,30)24(25)14-33(20-7-8-20)23(34)13-37-24)38(35,36)21-9-5-17(6-10-21)19-4-3-18-2-1-11-31-22(18)12-19/h1-6,9-12,20H,7-8,13-16H2. The van der Waals surface area contributed by atoms with Gasteiger partial charge in [-0.05, 0) is 48.2 Å². The van der Waals surface area contributed by atoms with Crippen molar-refractivity contribution in [3.63, 3.8) is 0 Å². The summed E-state index contributed by atoms with van der Waals surface area (Å²) in [4.78, 5) is 18.6. The van der Waals surface area contributed by atoms with E-state index in [-0.39, 0.29) is 43.1 Å². The molecule has 0 bridgehead atoms. The van der Waals surface area contributed by atoms with Gasteiger partial charge in [0.2, 0.25) is 15.9 Å². The smallest absolute Gasteiger partial charge is 0.248 e. The van der Waals surface area contributed by atoms with Crippen LogP contribution in [0, 0.1) is 0 Å². The zero-order valence-electron chi connectivity index (χ0n) is 20.8. The van der Waals surface area contributed by atoms with Gasteiger partial charge in [0.15, 0.2) is 0 Å². The lowest BCUT2D eigenvalue weighted by molar-refractivity contribution is -0.176. The maximum absolute atomic E-state index is 13.7. The van der Waals surface area contributed by atoms with Crippen LogP contribution < -0.4 is 0 Å². The molecule has 0 N–H and O–H groups in total. The zero-order valence-corrected chi connectivity index (χ0v) is 21.6. The van der Waals surface area contributed by atoms with E-state index in [0.29, 0.717) is 0 Å². The Balaban J connectivity index is 1.27. The molecular weight excluding hydrogens is 494 g/mol. The fourth-order valence-corrected chi connectivity index (χ4v) is 7.18. The maximum atomic E-state index is 13.7. The van der Waals surface area contributed by atoms with Gasteiger partial charge in [0, 0.05) is 37.3 Å². The third-order valence-electron chi connectivity index (χ3n) is 7.95. The fourth-order valence-electron chi connectivity index (χ4n) is 5.64. The van der Waals surface area contributed by atoms with E-state index in [4.69, 9.17) is 36.1 Å². The van der Waals surface area contributed by atoms with Gasteiger partial charge in [-0.3, -0.25) is 9.78 Å². The van der Waals surface area contributed by atoms with E-state index < -0.39 is 26.1 Å². The third kappa shape index (κ3) is 4.03. The number of pyridine rings is 1. The van der Waals surface area contributed by atoms with Crippen LogP contribution >= 0.6 is 0 Å². The number of morpholine rings is 1.